The lowest BCUT2D eigenvalue weighted by Gasteiger charge is -2.33. The normalized spacial score (nSPS) is 17.6. The van der Waals surface area contributed by atoms with E-state index in [1.165, 1.54) is 28.9 Å². The van der Waals surface area contributed by atoms with E-state index in [0.717, 1.165) is 48.2 Å². The molecule has 1 saturated heterocycles. The van der Waals surface area contributed by atoms with Crippen molar-refractivity contribution in [3.63, 3.8) is 0 Å². The number of hydrogen-bond donors (Lipinski definition) is 1. The minimum atomic E-state index is -4.42. The molecule has 2 aromatic heterocycles. The molecule has 154 valence electrons. The summed E-state index contributed by atoms with van der Waals surface area (Å²) in [7, 11) is 0. The lowest BCUT2D eigenvalue weighted by Crippen LogP contribution is -2.34. The van der Waals surface area contributed by atoms with E-state index in [2.05, 4.69) is 38.3 Å². The summed E-state index contributed by atoms with van der Waals surface area (Å²) in [6.45, 7) is 1.73. The van der Waals surface area contributed by atoms with Crippen LogP contribution in [0, 0.1) is 0 Å². The van der Waals surface area contributed by atoms with Crippen molar-refractivity contribution < 1.29 is 13.2 Å². The fourth-order valence-corrected chi connectivity index (χ4v) is 5.08. The Morgan fingerprint density at radius 1 is 1.07 bits per heavy atom. The number of rotatable bonds is 3. The standard InChI is InChI=1S/C22H19F3N4S/c23-22(24,25)18-6-2-1-5-17(18)21-28-27-20(30-21)15-4-3-11-29(13-15)16-8-7-14-9-10-26-19(14)12-16/h1-2,5-10,12,15,26H,3-4,11,13H2. The molecule has 2 aromatic carbocycles. The number of benzene rings is 2. The second-order valence-corrected chi connectivity index (χ2v) is 8.53. The molecule has 4 aromatic rings. The molecule has 0 amide bonds. The Bertz CT molecular complexity index is 1180. The van der Waals surface area contributed by atoms with Crippen LogP contribution in [0.1, 0.15) is 29.3 Å². The van der Waals surface area contributed by atoms with Gasteiger partial charge in [-0.1, -0.05) is 35.6 Å². The van der Waals surface area contributed by atoms with Gasteiger partial charge in [0.2, 0.25) is 0 Å². The predicted octanol–water partition coefficient (Wildman–Crippen LogP) is 6.09. The number of hydrogen-bond acceptors (Lipinski definition) is 4. The summed E-state index contributed by atoms with van der Waals surface area (Å²) in [5.74, 6) is 0.155. The van der Waals surface area contributed by atoms with Gasteiger partial charge in [-0.05, 0) is 42.5 Å². The third-order valence-electron chi connectivity index (χ3n) is 5.58. The van der Waals surface area contributed by atoms with E-state index in [1.807, 2.05) is 12.3 Å². The maximum atomic E-state index is 13.4. The fourth-order valence-electron chi connectivity index (χ4n) is 4.07. The van der Waals surface area contributed by atoms with Crippen LogP contribution in [0.3, 0.4) is 0 Å². The maximum absolute atomic E-state index is 13.4. The Balaban J connectivity index is 1.40. The molecule has 0 radical (unpaired) electrons. The van der Waals surface area contributed by atoms with Gasteiger partial charge in [-0.3, -0.25) is 0 Å². The number of halogens is 3. The molecule has 1 fully saturated rings. The van der Waals surface area contributed by atoms with Gasteiger partial charge in [0, 0.05) is 42.0 Å². The molecule has 4 nitrogen and oxygen atoms in total. The molecular weight excluding hydrogens is 409 g/mol. The van der Waals surface area contributed by atoms with Crippen LogP contribution in [0.2, 0.25) is 0 Å². The van der Waals surface area contributed by atoms with E-state index < -0.39 is 11.7 Å². The SMILES string of the molecule is FC(F)(F)c1ccccc1-c1nnc(C2CCCN(c3ccc4cc[nH]c4c3)C2)s1. The zero-order valence-corrected chi connectivity index (χ0v) is 16.8. The highest BCUT2D eigenvalue weighted by Gasteiger charge is 2.34. The Morgan fingerprint density at radius 3 is 2.80 bits per heavy atom. The van der Waals surface area contributed by atoms with E-state index in [4.69, 9.17) is 0 Å². The summed E-state index contributed by atoms with van der Waals surface area (Å²) in [4.78, 5) is 5.56. The molecule has 0 saturated carbocycles. The maximum Gasteiger partial charge on any atom is 0.417 e. The lowest BCUT2D eigenvalue weighted by atomic mass is 9.98. The van der Waals surface area contributed by atoms with E-state index in [1.54, 1.807) is 6.07 Å². The molecule has 1 aliphatic heterocycles. The highest BCUT2D eigenvalue weighted by molar-refractivity contribution is 7.14. The summed E-state index contributed by atoms with van der Waals surface area (Å²) in [5.41, 5.74) is 1.66. The molecule has 3 heterocycles. The van der Waals surface area contributed by atoms with Crippen molar-refractivity contribution >= 4 is 27.9 Å². The second-order valence-electron chi connectivity index (χ2n) is 7.52. The molecule has 1 N–H and O–H groups in total. The van der Waals surface area contributed by atoms with Crippen LogP contribution < -0.4 is 4.90 Å². The van der Waals surface area contributed by atoms with Crippen molar-refractivity contribution in [1.82, 2.24) is 15.2 Å². The summed E-state index contributed by atoms with van der Waals surface area (Å²) >= 11 is 1.27. The minimum absolute atomic E-state index is 0.0959. The number of piperidine rings is 1. The number of H-pyrrole nitrogens is 1. The zero-order valence-electron chi connectivity index (χ0n) is 16.0. The topological polar surface area (TPSA) is 44.8 Å². The molecule has 0 aliphatic carbocycles. The van der Waals surface area contributed by atoms with Crippen molar-refractivity contribution in [2.45, 2.75) is 24.9 Å². The van der Waals surface area contributed by atoms with Crippen LogP contribution in [0.25, 0.3) is 21.5 Å². The van der Waals surface area contributed by atoms with Crippen LogP contribution >= 0.6 is 11.3 Å². The summed E-state index contributed by atoms with van der Waals surface area (Å²) in [5, 5.41) is 10.7. The largest absolute Gasteiger partial charge is 0.417 e. The van der Waals surface area contributed by atoms with Crippen molar-refractivity contribution in [3.05, 3.63) is 65.3 Å². The predicted molar refractivity (Wildman–Crippen MR) is 113 cm³/mol. The number of aromatic nitrogens is 3. The first-order valence-corrected chi connectivity index (χ1v) is 10.6. The molecule has 1 unspecified atom stereocenters. The van der Waals surface area contributed by atoms with Gasteiger partial charge in [0.25, 0.3) is 0 Å². The number of fused-ring (bicyclic) bond motifs is 1. The molecule has 0 spiro atoms. The monoisotopic (exact) mass is 428 g/mol. The average Bonchev–Trinajstić information content (AvgIpc) is 3.42. The number of anilines is 1. The van der Waals surface area contributed by atoms with Crippen LogP contribution in [0.15, 0.2) is 54.7 Å². The smallest absolute Gasteiger partial charge is 0.371 e. The number of nitrogens with one attached hydrogen (secondary N) is 1. The lowest BCUT2D eigenvalue weighted by molar-refractivity contribution is -0.137. The van der Waals surface area contributed by atoms with E-state index in [0.29, 0.717) is 5.01 Å². The van der Waals surface area contributed by atoms with Crippen LogP contribution in [0.4, 0.5) is 18.9 Å². The van der Waals surface area contributed by atoms with Gasteiger partial charge in [0.05, 0.1) is 5.56 Å². The Labute approximate surface area is 175 Å². The van der Waals surface area contributed by atoms with Gasteiger partial charge in [-0.2, -0.15) is 13.2 Å². The van der Waals surface area contributed by atoms with Crippen LogP contribution in [-0.4, -0.2) is 28.3 Å². The third-order valence-corrected chi connectivity index (χ3v) is 6.70. The Hall–Kier alpha value is -2.87. The molecule has 30 heavy (non-hydrogen) atoms. The molecule has 5 rings (SSSR count). The van der Waals surface area contributed by atoms with Gasteiger partial charge in [0.1, 0.15) is 10.0 Å². The highest BCUT2D eigenvalue weighted by atomic mass is 32.1. The molecular formula is C22H19F3N4S. The van der Waals surface area contributed by atoms with Gasteiger partial charge in [0.15, 0.2) is 0 Å². The molecule has 1 aliphatic rings. The summed E-state index contributed by atoms with van der Waals surface area (Å²) in [6.07, 6.45) is -0.534. The average molecular weight is 428 g/mol. The molecule has 0 bridgehead atoms. The Morgan fingerprint density at radius 2 is 1.93 bits per heavy atom. The van der Waals surface area contributed by atoms with Crippen molar-refractivity contribution in [1.29, 1.82) is 0 Å². The highest BCUT2D eigenvalue weighted by Crippen LogP contribution is 2.40. The van der Waals surface area contributed by atoms with E-state index >= 15 is 0 Å². The van der Waals surface area contributed by atoms with Crippen molar-refractivity contribution in [2.24, 2.45) is 0 Å². The fraction of sp³-hybridized carbons (Fsp3) is 0.273. The number of alkyl halides is 3. The van der Waals surface area contributed by atoms with Crippen LogP contribution in [0.5, 0.6) is 0 Å². The molecule has 1 atom stereocenters. The first kappa shape index (κ1) is 19.1. The third kappa shape index (κ3) is 3.56. The van der Waals surface area contributed by atoms with Crippen molar-refractivity contribution in [2.75, 3.05) is 18.0 Å². The van der Waals surface area contributed by atoms with Gasteiger partial charge < -0.3 is 9.88 Å². The van der Waals surface area contributed by atoms with E-state index in [9.17, 15) is 13.2 Å². The Kier molecular flexibility index (Phi) is 4.73. The minimum Gasteiger partial charge on any atom is -0.371 e. The quantitative estimate of drug-likeness (QED) is 0.430. The first-order chi connectivity index (χ1) is 14.5. The summed E-state index contributed by atoms with van der Waals surface area (Å²) in [6, 6.07) is 14.0. The molecule has 8 heteroatoms. The second kappa shape index (κ2) is 7.43. The van der Waals surface area contributed by atoms with Gasteiger partial charge in [-0.25, -0.2) is 0 Å². The summed E-state index contributed by atoms with van der Waals surface area (Å²) < 4.78 is 40.1. The van der Waals surface area contributed by atoms with E-state index in [-0.39, 0.29) is 11.5 Å². The van der Waals surface area contributed by atoms with Crippen molar-refractivity contribution in [3.8, 4) is 10.6 Å². The zero-order chi connectivity index (χ0) is 20.7. The number of aromatic amines is 1. The number of nitrogens with zero attached hydrogens (tertiary/aromatic N) is 3. The first-order valence-electron chi connectivity index (χ1n) is 9.81. The van der Waals surface area contributed by atoms with Gasteiger partial charge in [-0.15, -0.1) is 10.2 Å². The van der Waals surface area contributed by atoms with Gasteiger partial charge >= 0.3 is 6.18 Å². The van der Waals surface area contributed by atoms with Crippen LogP contribution in [-0.2, 0) is 6.18 Å².